The summed E-state index contributed by atoms with van der Waals surface area (Å²) in [5.74, 6) is -1.37. The fraction of sp³-hybridized carbons (Fsp3) is 0.300. The first-order chi connectivity index (χ1) is 7.15. The second kappa shape index (κ2) is 5.31. The SMILES string of the molecule is NCCCNC(=O)c1ccc(F)cc1O. The molecule has 0 radical (unpaired) electrons. The van der Waals surface area contributed by atoms with Crippen LogP contribution < -0.4 is 11.1 Å². The topological polar surface area (TPSA) is 75.3 Å². The molecule has 0 bridgehead atoms. The van der Waals surface area contributed by atoms with Crippen LogP contribution >= 0.6 is 0 Å². The normalized spacial score (nSPS) is 10.0. The molecule has 0 unspecified atom stereocenters. The Morgan fingerprint density at radius 3 is 2.87 bits per heavy atom. The number of amides is 1. The number of hydrogen-bond acceptors (Lipinski definition) is 3. The van der Waals surface area contributed by atoms with E-state index < -0.39 is 11.7 Å². The monoisotopic (exact) mass is 212 g/mol. The third-order valence-corrected chi connectivity index (χ3v) is 1.87. The van der Waals surface area contributed by atoms with E-state index in [-0.39, 0.29) is 11.3 Å². The maximum absolute atomic E-state index is 12.6. The Hall–Kier alpha value is -1.62. The number of carbonyl (C=O) groups excluding carboxylic acids is 1. The first-order valence-electron chi connectivity index (χ1n) is 4.62. The minimum absolute atomic E-state index is 0.0634. The lowest BCUT2D eigenvalue weighted by Crippen LogP contribution is -2.26. The van der Waals surface area contributed by atoms with E-state index in [1.807, 2.05) is 0 Å². The summed E-state index contributed by atoms with van der Waals surface area (Å²) in [6, 6.07) is 3.26. The number of nitrogens with one attached hydrogen (secondary N) is 1. The van der Waals surface area contributed by atoms with Crippen LogP contribution in [-0.2, 0) is 0 Å². The van der Waals surface area contributed by atoms with Gasteiger partial charge in [-0.05, 0) is 25.1 Å². The molecule has 0 aromatic heterocycles. The number of benzene rings is 1. The first kappa shape index (κ1) is 11.5. The van der Waals surface area contributed by atoms with Gasteiger partial charge in [0.2, 0.25) is 0 Å². The number of nitrogens with two attached hydrogens (primary N) is 1. The standard InChI is InChI=1S/C10H13FN2O2/c11-7-2-3-8(9(14)6-7)10(15)13-5-1-4-12/h2-3,6,14H,1,4-5,12H2,(H,13,15). The lowest BCUT2D eigenvalue weighted by molar-refractivity contribution is 0.0951. The van der Waals surface area contributed by atoms with Crippen LogP contribution in [0.2, 0.25) is 0 Å². The van der Waals surface area contributed by atoms with Crippen LogP contribution in [0.5, 0.6) is 5.75 Å². The highest BCUT2D eigenvalue weighted by Crippen LogP contribution is 2.17. The second-order valence-corrected chi connectivity index (χ2v) is 3.06. The number of hydrogen-bond donors (Lipinski definition) is 3. The summed E-state index contributed by atoms with van der Waals surface area (Å²) in [7, 11) is 0. The summed E-state index contributed by atoms with van der Waals surface area (Å²) in [5.41, 5.74) is 5.32. The largest absolute Gasteiger partial charge is 0.507 e. The van der Waals surface area contributed by atoms with Gasteiger partial charge in [0.05, 0.1) is 5.56 Å². The van der Waals surface area contributed by atoms with E-state index in [0.717, 1.165) is 12.1 Å². The number of carbonyl (C=O) groups is 1. The molecule has 1 amide bonds. The Morgan fingerprint density at radius 2 is 2.27 bits per heavy atom. The van der Waals surface area contributed by atoms with Crippen LogP contribution in [-0.4, -0.2) is 24.1 Å². The molecule has 0 heterocycles. The van der Waals surface area contributed by atoms with E-state index >= 15 is 0 Å². The number of phenolic OH excluding ortho intramolecular Hbond substituents is 1. The third kappa shape index (κ3) is 3.21. The van der Waals surface area contributed by atoms with Crippen molar-refractivity contribution >= 4 is 5.91 Å². The average Bonchev–Trinajstić information content (AvgIpc) is 2.17. The lowest BCUT2D eigenvalue weighted by atomic mass is 10.2. The van der Waals surface area contributed by atoms with E-state index in [1.165, 1.54) is 6.07 Å². The van der Waals surface area contributed by atoms with Gasteiger partial charge in [0.25, 0.3) is 5.91 Å². The van der Waals surface area contributed by atoms with Gasteiger partial charge in [-0.15, -0.1) is 0 Å². The van der Waals surface area contributed by atoms with Gasteiger partial charge in [-0.1, -0.05) is 0 Å². The Kier molecular flexibility index (Phi) is 4.05. The van der Waals surface area contributed by atoms with Gasteiger partial charge in [0.1, 0.15) is 11.6 Å². The molecule has 0 fully saturated rings. The zero-order valence-corrected chi connectivity index (χ0v) is 8.16. The van der Waals surface area contributed by atoms with Crippen molar-refractivity contribution in [2.75, 3.05) is 13.1 Å². The van der Waals surface area contributed by atoms with Crippen LogP contribution in [0.3, 0.4) is 0 Å². The van der Waals surface area contributed by atoms with Gasteiger partial charge >= 0.3 is 0 Å². The van der Waals surface area contributed by atoms with Crippen LogP contribution in [0.15, 0.2) is 18.2 Å². The summed E-state index contributed by atoms with van der Waals surface area (Å²) in [6.45, 7) is 0.918. The number of aromatic hydroxyl groups is 1. The molecule has 5 heteroatoms. The zero-order chi connectivity index (χ0) is 11.3. The molecule has 15 heavy (non-hydrogen) atoms. The molecule has 0 aliphatic heterocycles. The fourth-order valence-corrected chi connectivity index (χ4v) is 1.10. The highest BCUT2D eigenvalue weighted by Gasteiger charge is 2.10. The summed E-state index contributed by atoms with van der Waals surface area (Å²) < 4.78 is 12.6. The van der Waals surface area contributed by atoms with E-state index in [1.54, 1.807) is 0 Å². The molecule has 1 rings (SSSR count). The molecule has 82 valence electrons. The van der Waals surface area contributed by atoms with E-state index in [4.69, 9.17) is 5.73 Å². The van der Waals surface area contributed by atoms with Gasteiger partial charge in [0.15, 0.2) is 0 Å². The van der Waals surface area contributed by atoms with Crippen LogP contribution in [0.25, 0.3) is 0 Å². The van der Waals surface area contributed by atoms with E-state index in [2.05, 4.69) is 5.32 Å². The number of rotatable bonds is 4. The van der Waals surface area contributed by atoms with Crippen LogP contribution in [0, 0.1) is 5.82 Å². The molecule has 0 aliphatic rings. The number of phenols is 1. The maximum Gasteiger partial charge on any atom is 0.255 e. The zero-order valence-electron chi connectivity index (χ0n) is 8.16. The van der Waals surface area contributed by atoms with Crippen molar-refractivity contribution in [3.8, 4) is 5.75 Å². The molecule has 0 saturated heterocycles. The predicted molar refractivity (Wildman–Crippen MR) is 54.1 cm³/mol. The molecule has 0 saturated carbocycles. The molecule has 1 aromatic rings. The number of halogens is 1. The average molecular weight is 212 g/mol. The molecule has 0 spiro atoms. The van der Waals surface area contributed by atoms with E-state index in [9.17, 15) is 14.3 Å². The minimum atomic E-state index is -0.578. The molecular formula is C10H13FN2O2. The quantitative estimate of drug-likeness (QED) is 0.640. The summed E-state index contributed by atoms with van der Waals surface area (Å²) >= 11 is 0. The maximum atomic E-state index is 12.6. The Balaban J connectivity index is 2.65. The molecule has 4 nitrogen and oxygen atoms in total. The van der Waals surface area contributed by atoms with Crippen molar-refractivity contribution in [1.82, 2.24) is 5.32 Å². The smallest absolute Gasteiger partial charge is 0.255 e. The van der Waals surface area contributed by atoms with Crippen molar-refractivity contribution in [3.05, 3.63) is 29.6 Å². The molecular weight excluding hydrogens is 199 g/mol. The van der Waals surface area contributed by atoms with Gasteiger partial charge in [-0.25, -0.2) is 4.39 Å². The molecule has 1 aromatic carbocycles. The van der Waals surface area contributed by atoms with Gasteiger partial charge in [-0.3, -0.25) is 4.79 Å². The van der Waals surface area contributed by atoms with Crippen molar-refractivity contribution < 1.29 is 14.3 Å². The van der Waals surface area contributed by atoms with Crippen molar-refractivity contribution in [3.63, 3.8) is 0 Å². The Bertz CT molecular complexity index is 355. The highest BCUT2D eigenvalue weighted by atomic mass is 19.1. The molecule has 0 atom stereocenters. The molecule has 4 N–H and O–H groups in total. The van der Waals surface area contributed by atoms with Gasteiger partial charge in [-0.2, -0.15) is 0 Å². The van der Waals surface area contributed by atoms with Crippen molar-refractivity contribution in [1.29, 1.82) is 0 Å². The molecule has 0 aliphatic carbocycles. The predicted octanol–water partition coefficient (Wildman–Crippen LogP) is 0.610. The lowest BCUT2D eigenvalue weighted by Gasteiger charge is -2.05. The fourth-order valence-electron chi connectivity index (χ4n) is 1.10. The Morgan fingerprint density at radius 1 is 1.53 bits per heavy atom. The Labute approximate surface area is 86.9 Å². The van der Waals surface area contributed by atoms with Gasteiger partial charge < -0.3 is 16.2 Å². The second-order valence-electron chi connectivity index (χ2n) is 3.06. The van der Waals surface area contributed by atoms with Crippen molar-refractivity contribution in [2.45, 2.75) is 6.42 Å². The van der Waals surface area contributed by atoms with Gasteiger partial charge in [0, 0.05) is 12.6 Å². The summed E-state index contributed by atoms with van der Waals surface area (Å²) in [4.78, 5) is 11.4. The van der Waals surface area contributed by atoms with Crippen LogP contribution in [0.1, 0.15) is 16.8 Å². The minimum Gasteiger partial charge on any atom is -0.507 e. The van der Waals surface area contributed by atoms with E-state index in [0.29, 0.717) is 19.5 Å². The summed E-state index contributed by atoms with van der Waals surface area (Å²) in [5, 5.41) is 11.9. The third-order valence-electron chi connectivity index (χ3n) is 1.87. The highest BCUT2D eigenvalue weighted by molar-refractivity contribution is 5.96. The first-order valence-corrected chi connectivity index (χ1v) is 4.62. The van der Waals surface area contributed by atoms with Crippen LogP contribution in [0.4, 0.5) is 4.39 Å². The summed E-state index contributed by atoms with van der Waals surface area (Å²) in [6.07, 6.45) is 0.660. The van der Waals surface area contributed by atoms with Crippen molar-refractivity contribution in [2.24, 2.45) is 5.73 Å².